The number of anilines is 4. The van der Waals surface area contributed by atoms with Crippen molar-refractivity contribution in [3.63, 3.8) is 0 Å². The van der Waals surface area contributed by atoms with E-state index in [1.807, 2.05) is 49.4 Å². The number of nitrogens with one attached hydrogen (secondary N) is 2. The van der Waals surface area contributed by atoms with Gasteiger partial charge in [0.25, 0.3) is 0 Å². The van der Waals surface area contributed by atoms with E-state index in [-0.39, 0.29) is 0 Å². The molecular formula is C17H16ClN5O. The summed E-state index contributed by atoms with van der Waals surface area (Å²) in [7, 11) is 1.63. The standard InChI is InChI=1S/C17H16ClN5O/c1-11-14(18)4-3-5-15(11)21-16-10-19-23-17(22-16)20-12-6-8-13(24-2)9-7-12/h3-10H,1-2H3,(H2,20,21,22,23). The average Bonchev–Trinajstić information content (AvgIpc) is 2.60. The first-order valence-corrected chi connectivity index (χ1v) is 7.66. The van der Waals surface area contributed by atoms with Gasteiger partial charge in [-0.1, -0.05) is 17.7 Å². The summed E-state index contributed by atoms with van der Waals surface area (Å²) < 4.78 is 5.13. The SMILES string of the molecule is COc1ccc(Nc2nncc(Nc3cccc(Cl)c3C)n2)cc1. The molecule has 0 aliphatic heterocycles. The molecule has 0 saturated carbocycles. The third-order valence-corrected chi connectivity index (χ3v) is 3.84. The van der Waals surface area contributed by atoms with Crippen LogP contribution in [0.1, 0.15) is 5.56 Å². The molecule has 0 unspecified atom stereocenters. The van der Waals surface area contributed by atoms with Gasteiger partial charge in [0.05, 0.1) is 13.3 Å². The Morgan fingerprint density at radius 2 is 1.83 bits per heavy atom. The van der Waals surface area contributed by atoms with Gasteiger partial charge in [-0.3, -0.25) is 0 Å². The van der Waals surface area contributed by atoms with Crippen molar-refractivity contribution in [2.45, 2.75) is 6.92 Å². The smallest absolute Gasteiger partial charge is 0.249 e. The molecule has 0 spiro atoms. The van der Waals surface area contributed by atoms with E-state index in [1.165, 1.54) is 0 Å². The second-order valence-corrected chi connectivity index (χ2v) is 5.46. The van der Waals surface area contributed by atoms with Crippen LogP contribution in [0, 0.1) is 6.92 Å². The fourth-order valence-electron chi connectivity index (χ4n) is 2.10. The van der Waals surface area contributed by atoms with Crippen molar-refractivity contribution in [2.75, 3.05) is 17.7 Å². The van der Waals surface area contributed by atoms with Gasteiger partial charge < -0.3 is 15.4 Å². The van der Waals surface area contributed by atoms with Crippen LogP contribution in [0.3, 0.4) is 0 Å². The summed E-state index contributed by atoms with van der Waals surface area (Å²) in [5.41, 5.74) is 2.66. The molecule has 122 valence electrons. The van der Waals surface area contributed by atoms with Crippen LogP contribution in [0.25, 0.3) is 0 Å². The molecule has 0 atom stereocenters. The van der Waals surface area contributed by atoms with Gasteiger partial charge in [0.2, 0.25) is 5.95 Å². The summed E-state index contributed by atoms with van der Waals surface area (Å²) >= 11 is 6.13. The minimum absolute atomic E-state index is 0.393. The van der Waals surface area contributed by atoms with Gasteiger partial charge in [-0.15, -0.1) is 5.10 Å². The molecule has 3 aromatic rings. The Balaban J connectivity index is 1.77. The van der Waals surface area contributed by atoms with E-state index in [9.17, 15) is 0 Å². The third kappa shape index (κ3) is 3.72. The first kappa shape index (κ1) is 16.0. The lowest BCUT2D eigenvalue weighted by Crippen LogP contribution is -2.03. The maximum atomic E-state index is 6.13. The Morgan fingerprint density at radius 1 is 1.04 bits per heavy atom. The van der Waals surface area contributed by atoms with Crippen LogP contribution in [-0.4, -0.2) is 22.3 Å². The molecule has 1 aromatic heterocycles. The minimum Gasteiger partial charge on any atom is -0.497 e. The number of rotatable bonds is 5. The molecule has 0 fully saturated rings. The summed E-state index contributed by atoms with van der Waals surface area (Å²) in [6.45, 7) is 1.94. The highest BCUT2D eigenvalue weighted by molar-refractivity contribution is 6.31. The number of nitrogens with zero attached hydrogens (tertiary/aromatic N) is 3. The molecule has 24 heavy (non-hydrogen) atoms. The minimum atomic E-state index is 0.393. The van der Waals surface area contributed by atoms with Crippen LogP contribution in [0.2, 0.25) is 5.02 Å². The van der Waals surface area contributed by atoms with Gasteiger partial charge in [0.1, 0.15) is 5.75 Å². The lowest BCUT2D eigenvalue weighted by molar-refractivity contribution is 0.415. The van der Waals surface area contributed by atoms with Crippen LogP contribution in [-0.2, 0) is 0 Å². The summed E-state index contributed by atoms with van der Waals surface area (Å²) in [6.07, 6.45) is 1.56. The molecular weight excluding hydrogens is 326 g/mol. The Kier molecular flexibility index (Phi) is 4.77. The summed E-state index contributed by atoms with van der Waals surface area (Å²) in [5.74, 6) is 1.75. The van der Waals surface area contributed by atoms with E-state index in [4.69, 9.17) is 16.3 Å². The summed E-state index contributed by atoms with van der Waals surface area (Å²) in [5, 5.41) is 15.0. The van der Waals surface area contributed by atoms with E-state index in [0.717, 1.165) is 22.7 Å². The van der Waals surface area contributed by atoms with Gasteiger partial charge in [0, 0.05) is 16.4 Å². The fraction of sp³-hybridized carbons (Fsp3) is 0.118. The van der Waals surface area contributed by atoms with Gasteiger partial charge in [-0.25, -0.2) is 0 Å². The lowest BCUT2D eigenvalue weighted by Gasteiger charge is -2.10. The number of methoxy groups -OCH3 is 1. The fourth-order valence-corrected chi connectivity index (χ4v) is 2.28. The van der Waals surface area contributed by atoms with Crippen molar-refractivity contribution >= 4 is 34.7 Å². The number of ether oxygens (including phenoxy) is 1. The van der Waals surface area contributed by atoms with Gasteiger partial charge in [-0.2, -0.15) is 10.1 Å². The first-order chi connectivity index (χ1) is 11.7. The Bertz CT molecular complexity index is 839. The predicted molar refractivity (Wildman–Crippen MR) is 95.6 cm³/mol. The molecule has 0 amide bonds. The first-order valence-electron chi connectivity index (χ1n) is 7.28. The summed E-state index contributed by atoms with van der Waals surface area (Å²) in [6, 6.07) is 13.1. The Morgan fingerprint density at radius 3 is 2.58 bits per heavy atom. The number of halogens is 1. The van der Waals surface area contributed by atoms with E-state index in [1.54, 1.807) is 13.3 Å². The van der Waals surface area contributed by atoms with E-state index >= 15 is 0 Å². The highest BCUT2D eigenvalue weighted by Crippen LogP contribution is 2.25. The van der Waals surface area contributed by atoms with Crippen molar-refractivity contribution in [1.29, 1.82) is 0 Å². The largest absolute Gasteiger partial charge is 0.497 e. The molecule has 0 aliphatic rings. The molecule has 0 aliphatic carbocycles. The van der Waals surface area contributed by atoms with Crippen molar-refractivity contribution in [1.82, 2.24) is 15.2 Å². The molecule has 6 nitrogen and oxygen atoms in total. The Labute approximate surface area is 144 Å². The molecule has 7 heteroatoms. The highest BCUT2D eigenvalue weighted by atomic mass is 35.5. The molecule has 3 rings (SSSR count). The quantitative estimate of drug-likeness (QED) is 0.719. The second kappa shape index (κ2) is 7.14. The van der Waals surface area contributed by atoms with Crippen LogP contribution in [0.15, 0.2) is 48.7 Å². The van der Waals surface area contributed by atoms with Gasteiger partial charge >= 0.3 is 0 Å². The average molecular weight is 342 g/mol. The number of benzene rings is 2. The van der Waals surface area contributed by atoms with E-state index < -0.39 is 0 Å². The zero-order chi connectivity index (χ0) is 16.9. The molecule has 2 aromatic carbocycles. The van der Waals surface area contributed by atoms with E-state index in [2.05, 4.69) is 25.8 Å². The van der Waals surface area contributed by atoms with Crippen molar-refractivity contribution < 1.29 is 4.74 Å². The molecule has 0 saturated heterocycles. The zero-order valence-electron chi connectivity index (χ0n) is 13.2. The van der Waals surface area contributed by atoms with Gasteiger partial charge in [0.15, 0.2) is 5.82 Å². The van der Waals surface area contributed by atoms with Crippen molar-refractivity contribution in [3.05, 3.63) is 59.2 Å². The molecule has 2 N–H and O–H groups in total. The number of hydrogen-bond acceptors (Lipinski definition) is 6. The van der Waals surface area contributed by atoms with Gasteiger partial charge in [-0.05, 0) is 48.9 Å². The monoisotopic (exact) mass is 341 g/mol. The Hall–Kier alpha value is -2.86. The zero-order valence-corrected chi connectivity index (χ0v) is 14.0. The van der Waals surface area contributed by atoms with E-state index in [0.29, 0.717) is 16.8 Å². The number of aromatic nitrogens is 3. The summed E-state index contributed by atoms with van der Waals surface area (Å²) in [4.78, 5) is 4.41. The van der Waals surface area contributed by atoms with Crippen LogP contribution in [0.4, 0.5) is 23.1 Å². The van der Waals surface area contributed by atoms with Crippen LogP contribution < -0.4 is 15.4 Å². The number of hydrogen-bond donors (Lipinski definition) is 2. The topological polar surface area (TPSA) is 72.0 Å². The van der Waals surface area contributed by atoms with Crippen molar-refractivity contribution in [2.24, 2.45) is 0 Å². The maximum absolute atomic E-state index is 6.13. The van der Waals surface area contributed by atoms with Crippen LogP contribution in [0.5, 0.6) is 5.75 Å². The van der Waals surface area contributed by atoms with Crippen LogP contribution >= 0.6 is 11.6 Å². The molecule has 0 radical (unpaired) electrons. The lowest BCUT2D eigenvalue weighted by atomic mass is 10.2. The predicted octanol–water partition coefficient (Wildman–Crippen LogP) is 4.33. The normalized spacial score (nSPS) is 10.3. The molecule has 1 heterocycles. The van der Waals surface area contributed by atoms with Crippen molar-refractivity contribution in [3.8, 4) is 5.75 Å². The second-order valence-electron chi connectivity index (χ2n) is 5.06. The maximum Gasteiger partial charge on any atom is 0.249 e. The highest BCUT2D eigenvalue weighted by Gasteiger charge is 2.05. The third-order valence-electron chi connectivity index (χ3n) is 3.44. The molecule has 0 bridgehead atoms.